The molecule has 1 amide bonds. The molecule has 1 aliphatic heterocycles. The third-order valence-corrected chi connectivity index (χ3v) is 6.28. The van der Waals surface area contributed by atoms with E-state index < -0.39 is 0 Å². The molecule has 0 spiro atoms. The van der Waals surface area contributed by atoms with E-state index in [4.69, 9.17) is 0 Å². The molecule has 1 aromatic carbocycles. The number of hydrogen-bond acceptors (Lipinski definition) is 5. The van der Waals surface area contributed by atoms with Crippen LogP contribution in [0.4, 0.5) is 4.39 Å². The highest BCUT2D eigenvalue weighted by atomic mass is 32.1. The number of thiophene rings is 1. The molecule has 1 fully saturated rings. The number of amides is 1. The second-order valence-electron chi connectivity index (χ2n) is 7.30. The monoisotopic (exact) mass is 421 g/mol. The van der Waals surface area contributed by atoms with E-state index in [-0.39, 0.29) is 11.7 Å². The zero-order chi connectivity index (χ0) is 20.5. The van der Waals surface area contributed by atoms with Gasteiger partial charge in [0.2, 0.25) is 0 Å². The maximum absolute atomic E-state index is 13.2. The van der Waals surface area contributed by atoms with Crippen molar-refractivity contribution in [2.24, 2.45) is 0 Å². The van der Waals surface area contributed by atoms with E-state index in [0.29, 0.717) is 24.3 Å². The van der Waals surface area contributed by atoms with E-state index >= 15 is 0 Å². The van der Waals surface area contributed by atoms with Crippen LogP contribution in [0.2, 0.25) is 0 Å². The Morgan fingerprint density at radius 2 is 1.87 bits per heavy atom. The van der Waals surface area contributed by atoms with Crippen molar-refractivity contribution in [3.63, 3.8) is 0 Å². The third kappa shape index (κ3) is 3.59. The van der Waals surface area contributed by atoms with Crippen LogP contribution in [-0.2, 0) is 6.54 Å². The summed E-state index contributed by atoms with van der Waals surface area (Å²) in [6.07, 6.45) is 3.34. The average Bonchev–Trinajstić information content (AvgIpc) is 3.45. The molecule has 152 valence electrons. The van der Waals surface area contributed by atoms with E-state index in [1.807, 2.05) is 40.6 Å². The lowest BCUT2D eigenvalue weighted by atomic mass is 10.2. The van der Waals surface area contributed by atoms with Crippen molar-refractivity contribution < 1.29 is 9.18 Å². The molecule has 0 unspecified atom stereocenters. The van der Waals surface area contributed by atoms with E-state index in [9.17, 15) is 9.18 Å². The number of rotatable bonds is 4. The lowest BCUT2D eigenvalue weighted by Gasteiger charge is -2.34. The molecule has 0 radical (unpaired) electrons. The summed E-state index contributed by atoms with van der Waals surface area (Å²) >= 11 is 1.63. The third-order valence-electron chi connectivity index (χ3n) is 5.38. The normalized spacial score (nSPS) is 15.0. The highest BCUT2D eigenvalue weighted by Crippen LogP contribution is 2.25. The Morgan fingerprint density at radius 3 is 2.60 bits per heavy atom. The lowest BCUT2D eigenvalue weighted by Crippen LogP contribution is -2.48. The molecular formula is C22H20FN5OS. The lowest BCUT2D eigenvalue weighted by molar-refractivity contribution is 0.0630. The van der Waals surface area contributed by atoms with Gasteiger partial charge in [-0.1, -0.05) is 18.2 Å². The molecule has 5 rings (SSSR count). The highest BCUT2D eigenvalue weighted by Gasteiger charge is 2.25. The fourth-order valence-corrected chi connectivity index (χ4v) is 4.52. The van der Waals surface area contributed by atoms with Crippen molar-refractivity contribution in [3.05, 3.63) is 77.2 Å². The van der Waals surface area contributed by atoms with E-state index in [1.54, 1.807) is 28.2 Å². The van der Waals surface area contributed by atoms with Crippen molar-refractivity contribution in [2.75, 3.05) is 26.2 Å². The smallest absolute Gasteiger partial charge is 0.259 e. The van der Waals surface area contributed by atoms with Crippen LogP contribution in [0, 0.1) is 5.82 Å². The van der Waals surface area contributed by atoms with Gasteiger partial charge < -0.3 is 4.90 Å². The van der Waals surface area contributed by atoms with Gasteiger partial charge in [0.25, 0.3) is 5.91 Å². The van der Waals surface area contributed by atoms with Crippen molar-refractivity contribution >= 4 is 22.9 Å². The summed E-state index contributed by atoms with van der Waals surface area (Å²) in [5, 5.41) is 6.46. The zero-order valence-electron chi connectivity index (χ0n) is 16.2. The number of fused-ring (bicyclic) bond motifs is 1. The largest absolute Gasteiger partial charge is 0.336 e. The first kappa shape index (κ1) is 18.9. The number of carbonyl (C=O) groups is 1. The number of halogens is 1. The van der Waals surface area contributed by atoms with Gasteiger partial charge in [-0.3, -0.25) is 9.69 Å². The Bertz CT molecular complexity index is 1160. The first-order valence-corrected chi connectivity index (χ1v) is 10.7. The molecule has 8 heteroatoms. The Kier molecular flexibility index (Phi) is 5.02. The Balaban J connectivity index is 1.29. The molecule has 0 aliphatic carbocycles. The van der Waals surface area contributed by atoms with Crippen LogP contribution >= 0.6 is 11.3 Å². The molecule has 30 heavy (non-hydrogen) atoms. The second kappa shape index (κ2) is 7.97. The Morgan fingerprint density at radius 1 is 1.07 bits per heavy atom. The van der Waals surface area contributed by atoms with Gasteiger partial charge in [-0.25, -0.2) is 13.9 Å². The van der Waals surface area contributed by atoms with Crippen molar-refractivity contribution in [1.82, 2.24) is 24.4 Å². The van der Waals surface area contributed by atoms with Crippen LogP contribution in [0.25, 0.3) is 16.2 Å². The number of hydrogen-bond donors (Lipinski definition) is 0. The quantitative estimate of drug-likeness (QED) is 0.506. The van der Waals surface area contributed by atoms with Crippen LogP contribution in [0.5, 0.6) is 0 Å². The zero-order valence-corrected chi connectivity index (χ0v) is 17.1. The second-order valence-corrected chi connectivity index (χ2v) is 8.24. The van der Waals surface area contributed by atoms with Crippen molar-refractivity contribution in [3.8, 4) is 10.6 Å². The summed E-state index contributed by atoms with van der Waals surface area (Å²) in [4.78, 5) is 22.8. The summed E-state index contributed by atoms with van der Waals surface area (Å²) in [5.41, 5.74) is 3.11. The standard InChI is InChI=1S/C22H20FN5OS/c23-17-5-3-16(4-6-17)15-26-9-11-27(12-10-26)22(29)18-14-25-28-19(7-8-24-21(18)28)20-2-1-13-30-20/h1-8,13-14H,9-12,15H2. The van der Waals surface area contributed by atoms with Gasteiger partial charge in [-0.15, -0.1) is 11.3 Å². The summed E-state index contributed by atoms with van der Waals surface area (Å²) in [5.74, 6) is -0.263. The Hall–Kier alpha value is -3.10. The summed E-state index contributed by atoms with van der Waals surface area (Å²) in [6.45, 7) is 3.58. The van der Waals surface area contributed by atoms with Crippen LogP contribution in [-0.4, -0.2) is 56.5 Å². The molecule has 4 aromatic rings. The number of carbonyl (C=O) groups excluding carboxylic acids is 1. The maximum atomic E-state index is 13.2. The van der Waals surface area contributed by atoms with Crippen LogP contribution < -0.4 is 0 Å². The first-order valence-electron chi connectivity index (χ1n) is 9.82. The minimum absolute atomic E-state index is 0.0396. The summed E-state index contributed by atoms with van der Waals surface area (Å²) in [7, 11) is 0. The number of piperazine rings is 1. The van der Waals surface area contributed by atoms with Crippen molar-refractivity contribution in [2.45, 2.75) is 6.54 Å². The summed E-state index contributed by atoms with van der Waals surface area (Å²) < 4.78 is 14.8. The minimum Gasteiger partial charge on any atom is -0.336 e. The van der Waals surface area contributed by atoms with Crippen molar-refractivity contribution in [1.29, 1.82) is 0 Å². The highest BCUT2D eigenvalue weighted by molar-refractivity contribution is 7.13. The maximum Gasteiger partial charge on any atom is 0.259 e. The molecular weight excluding hydrogens is 401 g/mol. The van der Waals surface area contributed by atoms with Gasteiger partial charge in [-0.2, -0.15) is 5.10 Å². The molecule has 0 bridgehead atoms. The van der Waals surface area contributed by atoms with E-state index in [1.165, 1.54) is 12.1 Å². The fraction of sp³-hybridized carbons (Fsp3) is 0.227. The van der Waals surface area contributed by atoms with Gasteiger partial charge in [0.1, 0.15) is 11.4 Å². The Labute approximate surface area is 177 Å². The van der Waals surface area contributed by atoms with E-state index in [2.05, 4.69) is 15.0 Å². The number of benzene rings is 1. The number of aromatic nitrogens is 3. The SMILES string of the molecule is O=C(c1cnn2c(-c3cccs3)ccnc12)N1CCN(Cc2ccc(F)cc2)CC1. The summed E-state index contributed by atoms with van der Waals surface area (Å²) in [6, 6.07) is 12.5. The average molecular weight is 422 g/mol. The minimum atomic E-state index is -0.224. The van der Waals surface area contributed by atoms with Gasteiger partial charge in [-0.05, 0) is 35.2 Å². The van der Waals surface area contributed by atoms with E-state index in [0.717, 1.165) is 35.8 Å². The molecule has 1 aliphatic rings. The van der Waals surface area contributed by atoms with Crippen LogP contribution in [0.1, 0.15) is 15.9 Å². The molecule has 6 nitrogen and oxygen atoms in total. The van der Waals surface area contributed by atoms with Crippen LogP contribution in [0.3, 0.4) is 0 Å². The predicted molar refractivity (Wildman–Crippen MR) is 114 cm³/mol. The molecule has 0 N–H and O–H groups in total. The van der Waals surface area contributed by atoms with Gasteiger partial charge in [0.15, 0.2) is 5.65 Å². The molecule has 1 saturated heterocycles. The van der Waals surface area contributed by atoms with Gasteiger partial charge in [0.05, 0.1) is 16.8 Å². The molecule has 4 heterocycles. The number of nitrogens with zero attached hydrogens (tertiary/aromatic N) is 5. The molecule has 3 aromatic heterocycles. The first-order chi connectivity index (χ1) is 14.7. The topological polar surface area (TPSA) is 53.7 Å². The fourth-order valence-electron chi connectivity index (χ4n) is 3.78. The predicted octanol–water partition coefficient (Wildman–Crippen LogP) is 3.55. The molecule has 0 atom stereocenters. The van der Waals surface area contributed by atoms with Gasteiger partial charge >= 0.3 is 0 Å². The van der Waals surface area contributed by atoms with Gasteiger partial charge in [0, 0.05) is 38.9 Å². The van der Waals surface area contributed by atoms with Crippen LogP contribution in [0.15, 0.2) is 60.2 Å². The molecule has 0 saturated carbocycles.